The maximum Gasteiger partial charge on any atom is 0.183 e. The highest BCUT2D eigenvalue weighted by atomic mass is 15.3. The molecule has 0 unspecified atom stereocenters. The minimum Gasteiger partial charge on any atom is -0.345 e. The molecular formula is C10H9N7. The van der Waals surface area contributed by atoms with Crippen molar-refractivity contribution in [3.05, 3.63) is 30.2 Å². The Labute approximate surface area is 97.4 Å². The molecule has 0 atom stereocenters. The van der Waals surface area contributed by atoms with Crippen molar-refractivity contribution in [2.75, 3.05) is 11.4 Å². The number of nitrogens with zero attached hydrogens (tertiary/aromatic N) is 7. The fourth-order valence-electron chi connectivity index (χ4n) is 1.89. The number of rotatable bonds is 1. The van der Waals surface area contributed by atoms with Crippen LogP contribution in [-0.2, 0) is 13.1 Å². The summed E-state index contributed by atoms with van der Waals surface area (Å²) >= 11 is 0. The molecule has 0 bridgehead atoms. The molecule has 1 aliphatic rings. The lowest BCUT2D eigenvalue weighted by atomic mass is 10.3. The number of nitriles is 1. The van der Waals surface area contributed by atoms with E-state index in [0.29, 0.717) is 18.1 Å². The Kier molecular flexibility index (Phi) is 2.19. The largest absolute Gasteiger partial charge is 0.345 e. The van der Waals surface area contributed by atoms with E-state index in [2.05, 4.69) is 26.2 Å². The molecule has 0 spiro atoms. The molecule has 0 amide bonds. The summed E-state index contributed by atoms with van der Waals surface area (Å²) in [7, 11) is 0. The van der Waals surface area contributed by atoms with Crippen molar-refractivity contribution in [1.29, 1.82) is 5.26 Å². The van der Waals surface area contributed by atoms with Gasteiger partial charge in [0, 0.05) is 25.5 Å². The molecule has 7 nitrogen and oxygen atoms in total. The van der Waals surface area contributed by atoms with Gasteiger partial charge in [0.2, 0.25) is 0 Å². The van der Waals surface area contributed by atoms with Gasteiger partial charge in [0.05, 0.1) is 6.54 Å². The van der Waals surface area contributed by atoms with Crippen molar-refractivity contribution in [2.45, 2.75) is 13.1 Å². The lowest BCUT2D eigenvalue weighted by Gasteiger charge is -2.27. The summed E-state index contributed by atoms with van der Waals surface area (Å²) in [5.41, 5.74) is 0.348. The van der Waals surface area contributed by atoms with Crippen molar-refractivity contribution in [1.82, 2.24) is 24.7 Å². The summed E-state index contributed by atoms with van der Waals surface area (Å²) in [5, 5.41) is 16.9. The smallest absolute Gasteiger partial charge is 0.183 e. The van der Waals surface area contributed by atoms with E-state index in [-0.39, 0.29) is 0 Å². The van der Waals surface area contributed by atoms with E-state index in [4.69, 9.17) is 5.26 Å². The zero-order valence-corrected chi connectivity index (χ0v) is 8.98. The van der Waals surface area contributed by atoms with Crippen molar-refractivity contribution >= 4 is 5.82 Å². The number of hydrogen-bond donors (Lipinski definition) is 0. The number of aromatic nitrogens is 5. The van der Waals surface area contributed by atoms with Crippen LogP contribution in [0.4, 0.5) is 5.82 Å². The maximum absolute atomic E-state index is 8.99. The molecule has 3 rings (SSSR count). The summed E-state index contributed by atoms with van der Waals surface area (Å²) in [6.45, 7) is 2.18. The lowest BCUT2D eigenvalue weighted by molar-refractivity contribution is 0.555. The van der Waals surface area contributed by atoms with Crippen LogP contribution in [0.2, 0.25) is 0 Å². The highest BCUT2D eigenvalue weighted by Crippen LogP contribution is 2.19. The monoisotopic (exact) mass is 227 g/mol. The van der Waals surface area contributed by atoms with Crippen LogP contribution in [0.25, 0.3) is 0 Å². The Bertz CT molecular complexity index is 582. The van der Waals surface area contributed by atoms with Crippen molar-refractivity contribution < 1.29 is 0 Å². The minimum atomic E-state index is 0.348. The van der Waals surface area contributed by atoms with Crippen molar-refractivity contribution in [3.8, 4) is 6.07 Å². The van der Waals surface area contributed by atoms with Gasteiger partial charge in [-0.3, -0.25) is 0 Å². The van der Waals surface area contributed by atoms with Crippen LogP contribution in [0.1, 0.15) is 11.5 Å². The Hall–Kier alpha value is -2.49. The Morgan fingerprint density at radius 3 is 3.00 bits per heavy atom. The molecule has 84 valence electrons. The molecule has 0 aromatic carbocycles. The third kappa shape index (κ3) is 1.59. The molecule has 0 fully saturated rings. The van der Waals surface area contributed by atoms with Gasteiger partial charge in [-0.25, -0.2) is 9.97 Å². The average molecular weight is 227 g/mol. The van der Waals surface area contributed by atoms with E-state index in [1.165, 1.54) is 6.20 Å². The Morgan fingerprint density at radius 2 is 2.12 bits per heavy atom. The summed E-state index contributed by atoms with van der Waals surface area (Å²) in [6.07, 6.45) is 4.83. The van der Waals surface area contributed by atoms with Gasteiger partial charge in [-0.05, 0) is 0 Å². The molecule has 0 saturated carbocycles. The lowest BCUT2D eigenvalue weighted by Crippen LogP contribution is -2.34. The molecule has 17 heavy (non-hydrogen) atoms. The zero-order chi connectivity index (χ0) is 11.7. The molecule has 0 saturated heterocycles. The maximum atomic E-state index is 8.99. The summed E-state index contributed by atoms with van der Waals surface area (Å²) in [4.78, 5) is 10.2. The SMILES string of the molecule is N#Cc1nccnc1N1CCn2cnnc2C1. The second-order valence-corrected chi connectivity index (χ2v) is 3.70. The summed E-state index contributed by atoms with van der Waals surface area (Å²) < 4.78 is 2.00. The molecular weight excluding hydrogens is 218 g/mol. The topological polar surface area (TPSA) is 83.5 Å². The van der Waals surface area contributed by atoms with Crippen LogP contribution in [0, 0.1) is 11.3 Å². The fourth-order valence-corrected chi connectivity index (χ4v) is 1.89. The van der Waals surface area contributed by atoms with Gasteiger partial charge < -0.3 is 9.47 Å². The standard InChI is InChI=1S/C10H9N7/c11-5-8-10(13-2-1-12-8)16-3-4-17-7-14-15-9(17)6-16/h1-2,7H,3-4,6H2. The molecule has 2 aromatic rings. The zero-order valence-electron chi connectivity index (χ0n) is 8.98. The highest BCUT2D eigenvalue weighted by molar-refractivity contribution is 5.49. The number of hydrogen-bond acceptors (Lipinski definition) is 6. The van der Waals surface area contributed by atoms with Crippen LogP contribution < -0.4 is 4.90 Å². The summed E-state index contributed by atoms with van der Waals surface area (Å²) in [6, 6.07) is 2.05. The van der Waals surface area contributed by atoms with Gasteiger partial charge in [-0.1, -0.05) is 0 Å². The molecule has 0 N–H and O–H groups in total. The van der Waals surface area contributed by atoms with E-state index in [1.54, 1.807) is 12.5 Å². The van der Waals surface area contributed by atoms with Crippen LogP contribution in [0.15, 0.2) is 18.7 Å². The Morgan fingerprint density at radius 1 is 1.24 bits per heavy atom. The molecule has 3 heterocycles. The van der Waals surface area contributed by atoms with E-state index in [9.17, 15) is 0 Å². The molecule has 1 aliphatic heterocycles. The Balaban J connectivity index is 1.95. The first-order chi connectivity index (χ1) is 8.38. The number of fused-ring (bicyclic) bond motifs is 1. The van der Waals surface area contributed by atoms with Crippen molar-refractivity contribution in [2.24, 2.45) is 0 Å². The van der Waals surface area contributed by atoms with E-state index in [1.807, 2.05) is 9.47 Å². The van der Waals surface area contributed by atoms with E-state index >= 15 is 0 Å². The predicted octanol–water partition coefficient (Wildman–Crippen LogP) is -0.0400. The van der Waals surface area contributed by atoms with Gasteiger partial charge in [0.25, 0.3) is 0 Å². The van der Waals surface area contributed by atoms with Gasteiger partial charge >= 0.3 is 0 Å². The third-order valence-corrected chi connectivity index (χ3v) is 2.72. The average Bonchev–Trinajstić information content (AvgIpc) is 2.85. The quantitative estimate of drug-likeness (QED) is 0.679. The predicted molar refractivity (Wildman–Crippen MR) is 57.8 cm³/mol. The molecule has 0 aliphatic carbocycles. The third-order valence-electron chi connectivity index (χ3n) is 2.72. The second kappa shape index (κ2) is 3.83. The van der Waals surface area contributed by atoms with Crippen LogP contribution >= 0.6 is 0 Å². The van der Waals surface area contributed by atoms with Gasteiger partial charge in [0.1, 0.15) is 12.4 Å². The van der Waals surface area contributed by atoms with Gasteiger partial charge in [-0.15, -0.1) is 10.2 Å². The normalized spacial score (nSPS) is 14.2. The van der Waals surface area contributed by atoms with E-state index < -0.39 is 0 Å². The number of anilines is 1. The summed E-state index contributed by atoms with van der Waals surface area (Å²) in [5.74, 6) is 1.50. The first-order valence-corrected chi connectivity index (χ1v) is 5.21. The first-order valence-electron chi connectivity index (χ1n) is 5.21. The van der Waals surface area contributed by atoms with Crippen LogP contribution in [0.5, 0.6) is 0 Å². The van der Waals surface area contributed by atoms with Gasteiger partial charge in [0.15, 0.2) is 17.3 Å². The highest BCUT2D eigenvalue weighted by Gasteiger charge is 2.21. The fraction of sp³-hybridized carbons (Fsp3) is 0.300. The minimum absolute atomic E-state index is 0.348. The molecule has 0 radical (unpaired) electrons. The van der Waals surface area contributed by atoms with Crippen LogP contribution in [-0.4, -0.2) is 31.3 Å². The second-order valence-electron chi connectivity index (χ2n) is 3.70. The van der Waals surface area contributed by atoms with E-state index in [0.717, 1.165) is 18.9 Å². The molecule has 7 heteroatoms. The van der Waals surface area contributed by atoms with Gasteiger partial charge in [-0.2, -0.15) is 5.26 Å². The van der Waals surface area contributed by atoms with Crippen molar-refractivity contribution in [3.63, 3.8) is 0 Å². The van der Waals surface area contributed by atoms with Crippen LogP contribution in [0.3, 0.4) is 0 Å². The first kappa shape index (κ1) is 9.72. The molecule has 2 aromatic heterocycles.